The number of nitrogens with zero attached hydrogens (tertiary/aromatic N) is 2. The second-order valence-electron chi connectivity index (χ2n) is 5.82. The molecule has 0 spiro atoms. The first-order chi connectivity index (χ1) is 12.1. The molecule has 2 aromatic carbocycles. The first-order valence-corrected chi connectivity index (χ1v) is 8.17. The molecule has 0 aliphatic carbocycles. The number of phenolic OH excluding ortho intramolecular Hbond substituents is 1. The van der Waals surface area contributed by atoms with Gasteiger partial charge in [-0.15, -0.1) is 0 Å². The van der Waals surface area contributed by atoms with E-state index in [2.05, 4.69) is 0 Å². The maximum atomic E-state index is 12.4. The summed E-state index contributed by atoms with van der Waals surface area (Å²) in [6.07, 6.45) is 0. The third kappa shape index (κ3) is 4.29. The van der Waals surface area contributed by atoms with Crippen LogP contribution in [0.5, 0.6) is 11.5 Å². The number of rotatable bonds is 4. The minimum absolute atomic E-state index is 0.00644. The molecule has 0 saturated carbocycles. The molecule has 0 atom stereocenters. The predicted octanol–water partition coefficient (Wildman–Crippen LogP) is 1.76. The summed E-state index contributed by atoms with van der Waals surface area (Å²) in [7, 11) is 0. The van der Waals surface area contributed by atoms with Crippen molar-refractivity contribution in [2.45, 2.75) is 0 Å². The van der Waals surface area contributed by atoms with Gasteiger partial charge in [0.05, 0.1) is 0 Å². The Labute approximate surface area is 146 Å². The quantitative estimate of drug-likeness (QED) is 0.921. The summed E-state index contributed by atoms with van der Waals surface area (Å²) in [5, 5.41) is 9.23. The first kappa shape index (κ1) is 16.8. The summed E-state index contributed by atoms with van der Waals surface area (Å²) in [6.45, 7) is 1.96. The number of carbonyl (C=O) groups is 2. The number of aromatic hydroxyl groups is 1. The van der Waals surface area contributed by atoms with E-state index in [0.29, 0.717) is 37.5 Å². The molecule has 1 fully saturated rings. The maximum Gasteiger partial charge on any atom is 0.260 e. The van der Waals surface area contributed by atoms with Gasteiger partial charge in [0, 0.05) is 31.7 Å². The smallest absolute Gasteiger partial charge is 0.260 e. The Morgan fingerprint density at radius 3 is 2.12 bits per heavy atom. The van der Waals surface area contributed by atoms with Crippen LogP contribution in [0.15, 0.2) is 54.6 Å². The van der Waals surface area contributed by atoms with E-state index in [0.717, 1.165) is 0 Å². The zero-order chi connectivity index (χ0) is 17.6. The van der Waals surface area contributed by atoms with Crippen LogP contribution in [0.25, 0.3) is 0 Å². The fourth-order valence-corrected chi connectivity index (χ4v) is 2.70. The highest BCUT2D eigenvalue weighted by Gasteiger charge is 2.24. The fraction of sp³-hybridized carbons (Fsp3) is 0.263. The average Bonchev–Trinajstić information content (AvgIpc) is 2.67. The Bertz CT molecular complexity index is 723. The molecule has 2 aromatic rings. The van der Waals surface area contributed by atoms with Gasteiger partial charge in [-0.05, 0) is 36.4 Å². The highest BCUT2D eigenvalue weighted by Crippen LogP contribution is 2.16. The Hall–Kier alpha value is -3.02. The van der Waals surface area contributed by atoms with Crippen LogP contribution in [0.2, 0.25) is 0 Å². The second-order valence-corrected chi connectivity index (χ2v) is 5.82. The van der Waals surface area contributed by atoms with Gasteiger partial charge in [0.1, 0.15) is 11.5 Å². The summed E-state index contributed by atoms with van der Waals surface area (Å²) < 4.78 is 5.44. The van der Waals surface area contributed by atoms with Gasteiger partial charge in [-0.25, -0.2) is 0 Å². The van der Waals surface area contributed by atoms with Gasteiger partial charge in [-0.3, -0.25) is 9.59 Å². The van der Waals surface area contributed by atoms with Crippen LogP contribution in [0.1, 0.15) is 10.4 Å². The highest BCUT2D eigenvalue weighted by molar-refractivity contribution is 5.94. The number of ether oxygens (including phenoxy) is 1. The van der Waals surface area contributed by atoms with Crippen LogP contribution in [0, 0.1) is 0 Å². The van der Waals surface area contributed by atoms with Crippen molar-refractivity contribution in [1.82, 2.24) is 9.80 Å². The van der Waals surface area contributed by atoms with E-state index in [1.807, 2.05) is 18.2 Å². The van der Waals surface area contributed by atoms with E-state index >= 15 is 0 Å². The molecular weight excluding hydrogens is 320 g/mol. The van der Waals surface area contributed by atoms with Crippen LogP contribution in [0.3, 0.4) is 0 Å². The van der Waals surface area contributed by atoms with Crippen LogP contribution < -0.4 is 4.74 Å². The molecule has 0 unspecified atom stereocenters. The monoisotopic (exact) mass is 340 g/mol. The van der Waals surface area contributed by atoms with Crippen LogP contribution >= 0.6 is 0 Å². The van der Waals surface area contributed by atoms with Crippen molar-refractivity contribution in [3.63, 3.8) is 0 Å². The van der Waals surface area contributed by atoms with Crippen LogP contribution in [-0.2, 0) is 4.79 Å². The largest absolute Gasteiger partial charge is 0.508 e. The number of piperazine rings is 1. The van der Waals surface area contributed by atoms with Gasteiger partial charge in [0.15, 0.2) is 6.61 Å². The van der Waals surface area contributed by atoms with Crippen molar-refractivity contribution in [3.05, 3.63) is 60.2 Å². The zero-order valence-electron chi connectivity index (χ0n) is 13.8. The van der Waals surface area contributed by atoms with E-state index in [9.17, 15) is 14.7 Å². The maximum absolute atomic E-state index is 12.4. The summed E-state index contributed by atoms with van der Waals surface area (Å²) in [5.74, 6) is 0.565. The van der Waals surface area contributed by atoms with E-state index in [-0.39, 0.29) is 24.2 Å². The summed E-state index contributed by atoms with van der Waals surface area (Å²) in [6, 6.07) is 15.4. The Morgan fingerprint density at radius 2 is 1.48 bits per heavy atom. The van der Waals surface area contributed by atoms with Gasteiger partial charge in [-0.1, -0.05) is 18.2 Å². The molecule has 6 nitrogen and oxygen atoms in total. The molecule has 2 amide bonds. The summed E-state index contributed by atoms with van der Waals surface area (Å²) in [4.78, 5) is 28.1. The lowest BCUT2D eigenvalue weighted by Crippen LogP contribution is -2.51. The molecule has 0 radical (unpaired) electrons. The van der Waals surface area contributed by atoms with Gasteiger partial charge in [-0.2, -0.15) is 0 Å². The van der Waals surface area contributed by atoms with Crippen LogP contribution in [-0.4, -0.2) is 59.5 Å². The molecule has 1 aliphatic heterocycles. The summed E-state index contributed by atoms with van der Waals surface area (Å²) in [5.41, 5.74) is 0.665. The number of carbonyl (C=O) groups excluding carboxylic acids is 2. The lowest BCUT2D eigenvalue weighted by Gasteiger charge is -2.34. The highest BCUT2D eigenvalue weighted by atomic mass is 16.5. The third-order valence-electron chi connectivity index (χ3n) is 4.14. The van der Waals surface area contributed by atoms with E-state index in [1.54, 1.807) is 34.1 Å². The van der Waals surface area contributed by atoms with Crippen molar-refractivity contribution >= 4 is 11.8 Å². The number of benzene rings is 2. The molecule has 1 aliphatic rings. The van der Waals surface area contributed by atoms with E-state index in [1.165, 1.54) is 12.1 Å². The van der Waals surface area contributed by atoms with Gasteiger partial charge in [0.2, 0.25) is 0 Å². The predicted molar refractivity (Wildman–Crippen MR) is 92.5 cm³/mol. The van der Waals surface area contributed by atoms with Crippen molar-refractivity contribution in [1.29, 1.82) is 0 Å². The molecule has 3 rings (SSSR count). The zero-order valence-corrected chi connectivity index (χ0v) is 13.8. The van der Waals surface area contributed by atoms with Crippen molar-refractivity contribution < 1.29 is 19.4 Å². The van der Waals surface area contributed by atoms with E-state index < -0.39 is 0 Å². The van der Waals surface area contributed by atoms with Crippen molar-refractivity contribution in [2.75, 3.05) is 32.8 Å². The molecule has 0 aromatic heterocycles. The molecule has 0 bridgehead atoms. The van der Waals surface area contributed by atoms with Crippen molar-refractivity contribution in [2.24, 2.45) is 0 Å². The topological polar surface area (TPSA) is 70.1 Å². The van der Waals surface area contributed by atoms with Gasteiger partial charge < -0.3 is 19.6 Å². The molecule has 25 heavy (non-hydrogen) atoms. The number of phenols is 1. The molecule has 1 heterocycles. The Kier molecular flexibility index (Phi) is 5.18. The molecule has 6 heteroatoms. The molecule has 1 saturated heterocycles. The Balaban J connectivity index is 1.47. The molecule has 130 valence electrons. The molecule has 1 N–H and O–H groups in total. The average molecular weight is 340 g/mol. The number of hydrogen-bond acceptors (Lipinski definition) is 4. The first-order valence-electron chi connectivity index (χ1n) is 8.17. The normalized spacial score (nSPS) is 14.2. The van der Waals surface area contributed by atoms with Gasteiger partial charge in [0.25, 0.3) is 11.8 Å². The third-order valence-corrected chi connectivity index (χ3v) is 4.14. The van der Waals surface area contributed by atoms with Crippen molar-refractivity contribution in [3.8, 4) is 11.5 Å². The second kappa shape index (κ2) is 7.70. The minimum Gasteiger partial charge on any atom is -0.508 e. The lowest BCUT2D eigenvalue weighted by atomic mass is 10.2. The number of amides is 2. The SMILES string of the molecule is O=C(COc1ccc(O)cc1)N1CCN(C(=O)c2ccccc2)CC1. The van der Waals surface area contributed by atoms with E-state index in [4.69, 9.17) is 4.74 Å². The molecular formula is C19H20N2O4. The Morgan fingerprint density at radius 1 is 0.880 bits per heavy atom. The number of hydrogen-bond donors (Lipinski definition) is 1. The lowest BCUT2D eigenvalue weighted by molar-refractivity contribution is -0.134. The standard InChI is InChI=1S/C19H20N2O4/c22-16-6-8-17(9-7-16)25-14-18(23)20-10-12-21(13-11-20)19(24)15-4-2-1-3-5-15/h1-9,22H,10-14H2. The minimum atomic E-state index is -0.111. The fourth-order valence-electron chi connectivity index (χ4n) is 2.70. The van der Waals surface area contributed by atoms with Gasteiger partial charge >= 0.3 is 0 Å². The van der Waals surface area contributed by atoms with Crippen LogP contribution in [0.4, 0.5) is 0 Å². The summed E-state index contributed by atoms with van der Waals surface area (Å²) >= 11 is 0.